The smallest absolute Gasteiger partial charge is 0.230 e. The Morgan fingerprint density at radius 2 is 1.70 bits per heavy atom. The Morgan fingerprint density at radius 3 is 2.15 bits per heavy atom. The number of nitrogens with one attached hydrogen (secondary N) is 2. The van der Waals surface area contributed by atoms with Crippen molar-refractivity contribution < 1.29 is 13.2 Å². The van der Waals surface area contributed by atoms with E-state index >= 15 is 0 Å². The molecule has 9 heteroatoms. The minimum absolute atomic E-state index is 0. The van der Waals surface area contributed by atoms with Crippen molar-refractivity contribution in [2.24, 2.45) is 15.8 Å². The number of rotatable bonds is 8. The van der Waals surface area contributed by atoms with Gasteiger partial charge in [-0.3, -0.25) is 9.79 Å². The highest BCUT2D eigenvalue weighted by molar-refractivity contribution is 14.0. The second-order valence-electron chi connectivity index (χ2n) is 8.31. The molecule has 0 heterocycles. The molecule has 27 heavy (non-hydrogen) atoms. The van der Waals surface area contributed by atoms with Crippen LogP contribution in [-0.2, 0) is 14.6 Å². The fraction of sp³-hybridized carbons (Fsp3) is 0.889. The van der Waals surface area contributed by atoms with E-state index in [1.807, 2.05) is 21.0 Å². The number of amides is 1. The highest BCUT2D eigenvalue weighted by Gasteiger charge is 2.45. The zero-order valence-electron chi connectivity index (χ0n) is 17.0. The van der Waals surface area contributed by atoms with Crippen molar-refractivity contribution in [3.63, 3.8) is 0 Å². The maximum Gasteiger partial charge on any atom is 0.230 e. The fourth-order valence-corrected chi connectivity index (χ4v) is 5.41. The van der Waals surface area contributed by atoms with Gasteiger partial charge in [0.25, 0.3) is 0 Å². The summed E-state index contributed by atoms with van der Waals surface area (Å²) in [5.41, 5.74) is -0.551. The molecule has 0 atom stereocenters. The van der Waals surface area contributed by atoms with E-state index in [1.54, 1.807) is 4.90 Å². The Bertz CT molecular complexity index is 639. The van der Waals surface area contributed by atoms with E-state index in [1.165, 1.54) is 6.26 Å². The molecule has 0 spiro atoms. The third kappa shape index (κ3) is 7.07. The van der Waals surface area contributed by atoms with Crippen LogP contribution in [-0.4, -0.2) is 70.9 Å². The summed E-state index contributed by atoms with van der Waals surface area (Å²) < 4.78 is 23.2. The fourth-order valence-electron chi connectivity index (χ4n) is 3.91. The average Bonchev–Trinajstić information content (AvgIpc) is 3.12. The maximum atomic E-state index is 12.7. The van der Waals surface area contributed by atoms with Crippen LogP contribution in [0, 0.1) is 10.8 Å². The van der Waals surface area contributed by atoms with Crippen LogP contribution in [0.5, 0.6) is 0 Å². The van der Waals surface area contributed by atoms with Crippen molar-refractivity contribution in [2.75, 3.05) is 45.7 Å². The molecule has 0 aromatic carbocycles. The van der Waals surface area contributed by atoms with Gasteiger partial charge in [0.05, 0.1) is 11.2 Å². The van der Waals surface area contributed by atoms with Crippen molar-refractivity contribution in [2.45, 2.75) is 45.4 Å². The van der Waals surface area contributed by atoms with Gasteiger partial charge in [0, 0.05) is 45.4 Å². The number of guanidine groups is 1. The summed E-state index contributed by atoms with van der Waals surface area (Å²) in [6.07, 6.45) is 7.05. The zero-order chi connectivity index (χ0) is 19.4. The zero-order valence-corrected chi connectivity index (χ0v) is 20.2. The normalized spacial score (nSPS) is 20.5. The van der Waals surface area contributed by atoms with Gasteiger partial charge in [0.1, 0.15) is 9.84 Å². The van der Waals surface area contributed by atoms with Crippen LogP contribution in [0.1, 0.15) is 45.4 Å². The molecule has 1 amide bonds. The second-order valence-corrected chi connectivity index (χ2v) is 10.4. The van der Waals surface area contributed by atoms with Crippen LogP contribution in [0.4, 0.5) is 0 Å². The second kappa shape index (κ2) is 9.76. The molecule has 2 aliphatic rings. The number of halogens is 1. The summed E-state index contributed by atoms with van der Waals surface area (Å²) in [7, 11) is 0.623. The standard InChI is InChI=1S/C18H34N4O3S.HI/c1-5-19-16(20-12-17(10-11-17)14-26(4,24)25)21-13-18(8-6-7-9-18)15(23)22(2)3;/h5-14H2,1-4H3,(H2,19,20,21);1H. The molecular formula is C18H35IN4O3S. The molecule has 0 radical (unpaired) electrons. The first-order valence-electron chi connectivity index (χ1n) is 9.53. The molecule has 2 rings (SSSR count). The topological polar surface area (TPSA) is 90.9 Å². The van der Waals surface area contributed by atoms with Crippen molar-refractivity contribution in [1.29, 1.82) is 0 Å². The van der Waals surface area contributed by atoms with Crippen LogP contribution < -0.4 is 10.6 Å². The number of carbonyl (C=O) groups is 1. The van der Waals surface area contributed by atoms with Crippen LogP contribution in [0.3, 0.4) is 0 Å². The van der Waals surface area contributed by atoms with E-state index in [9.17, 15) is 13.2 Å². The summed E-state index contributed by atoms with van der Waals surface area (Å²) in [5.74, 6) is 1.05. The Kier molecular flexibility index (Phi) is 8.84. The van der Waals surface area contributed by atoms with Crippen molar-refractivity contribution in [3.05, 3.63) is 0 Å². The van der Waals surface area contributed by atoms with Crippen molar-refractivity contribution in [3.8, 4) is 0 Å². The first-order valence-corrected chi connectivity index (χ1v) is 11.6. The summed E-state index contributed by atoms with van der Waals surface area (Å²) >= 11 is 0. The van der Waals surface area contributed by atoms with E-state index in [0.29, 0.717) is 19.0 Å². The third-order valence-electron chi connectivity index (χ3n) is 5.46. The first kappa shape index (κ1) is 24.5. The van der Waals surface area contributed by atoms with Crippen LogP contribution in [0.25, 0.3) is 0 Å². The van der Waals surface area contributed by atoms with Gasteiger partial charge in [-0.1, -0.05) is 12.8 Å². The van der Waals surface area contributed by atoms with E-state index in [2.05, 4.69) is 15.6 Å². The molecule has 2 aliphatic carbocycles. The first-order chi connectivity index (χ1) is 12.1. The Morgan fingerprint density at radius 1 is 1.11 bits per heavy atom. The molecule has 0 unspecified atom stereocenters. The minimum atomic E-state index is -3.00. The van der Waals surface area contributed by atoms with E-state index in [-0.39, 0.29) is 46.5 Å². The lowest BCUT2D eigenvalue weighted by atomic mass is 9.84. The Balaban J connectivity index is 0.00000364. The molecule has 0 bridgehead atoms. The largest absolute Gasteiger partial charge is 0.357 e. The molecule has 2 fully saturated rings. The quantitative estimate of drug-likeness (QED) is 0.292. The monoisotopic (exact) mass is 514 g/mol. The summed E-state index contributed by atoms with van der Waals surface area (Å²) in [6.45, 7) is 3.79. The van der Waals surface area contributed by atoms with E-state index in [0.717, 1.165) is 45.1 Å². The number of carbonyl (C=O) groups excluding carboxylic acids is 1. The Labute approximate surface area is 181 Å². The van der Waals surface area contributed by atoms with Crippen LogP contribution in [0.15, 0.2) is 4.99 Å². The number of sulfone groups is 1. The van der Waals surface area contributed by atoms with Gasteiger partial charge in [-0.05, 0) is 32.6 Å². The predicted octanol–water partition coefficient (Wildman–Crippen LogP) is 1.63. The van der Waals surface area contributed by atoms with Gasteiger partial charge in [-0.15, -0.1) is 24.0 Å². The average molecular weight is 514 g/mol. The molecule has 2 saturated carbocycles. The van der Waals surface area contributed by atoms with Crippen LogP contribution >= 0.6 is 24.0 Å². The molecule has 0 aromatic rings. The molecular weight excluding hydrogens is 479 g/mol. The van der Waals surface area contributed by atoms with Gasteiger partial charge in [-0.25, -0.2) is 8.42 Å². The van der Waals surface area contributed by atoms with Gasteiger partial charge in [0.2, 0.25) is 5.91 Å². The number of nitrogens with zero attached hydrogens (tertiary/aromatic N) is 2. The van der Waals surface area contributed by atoms with Gasteiger partial charge < -0.3 is 15.5 Å². The number of hydrogen-bond donors (Lipinski definition) is 2. The summed E-state index contributed by atoms with van der Waals surface area (Å²) in [5, 5.41) is 6.56. The molecule has 158 valence electrons. The number of hydrogen-bond acceptors (Lipinski definition) is 4. The van der Waals surface area contributed by atoms with Crippen molar-refractivity contribution >= 4 is 45.7 Å². The highest BCUT2D eigenvalue weighted by Crippen LogP contribution is 2.47. The molecule has 7 nitrogen and oxygen atoms in total. The van der Waals surface area contributed by atoms with Crippen molar-refractivity contribution in [1.82, 2.24) is 15.5 Å². The highest BCUT2D eigenvalue weighted by atomic mass is 127. The molecule has 0 aromatic heterocycles. The van der Waals surface area contributed by atoms with E-state index < -0.39 is 9.84 Å². The third-order valence-corrected chi connectivity index (χ3v) is 6.59. The molecule has 0 aliphatic heterocycles. The maximum absolute atomic E-state index is 12.7. The molecule has 2 N–H and O–H groups in total. The number of aliphatic imine (C=N–C) groups is 1. The molecule has 0 saturated heterocycles. The lowest BCUT2D eigenvalue weighted by Crippen LogP contribution is -2.49. The summed E-state index contributed by atoms with van der Waals surface area (Å²) in [4.78, 5) is 19.0. The van der Waals surface area contributed by atoms with Gasteiger partial charge in [0.15, 0.2) is 5.96 Å². The Hall–Kier alpha value is -0.580. The summed E-state index contributed by atoms with van der Waals surface area (Å²) in [6, 6.07) is 0. The van der Waals surface area contributed by atoms with Gasteiger partial charge >= 0.3 is 0 Å². The lowest BCUT2D eigenvalue weighted by Gasteiger charge is -2.31. The van der Waals surface area contributed by atoms with E-state index in [4.69, 9.17) is 0 Å². The predicted molar refractivity (Wildman–Crippen MR) is 120 cm³/mol. The minimum Gasteiger partial charge on any atom is -0.357 e. The lowest BCUT2D eigenvalue weighted by molar-refractivity contribution is -0.138. The SMILES string of the molecule is CCNC(=NCC1(CS(C)(=O)=O)CC1)NCC1(C(=O)N(C)C)CCCC1.I. The van der Waals surface area contributed by atoms with Gasteiger partial charge in [-0.2, -0.15) is 0 Å². The van der Waals surface area contributed by atoms with Crippen LogP contribution in [0.2, 0.25) is 0 Å².